The maximum Gasteiger partial charge on any atom is 0.323 e. The van der Waals surface area contributed by atoms with Gasteiger partial charge in [0.1, 0.15) is 6.04 Å². The van der Waals surface area contributed by atoms with Gasteiger partial charge in [0.2, 0.25) is 5.91 Å². The molecule has 0 spiro atoms. The molecule has 1 unspecified atom stereocenters. The van der Waals surface area contributed by atoms with E-state index in [1.165, 1.54) is 0 Å². The summed E-state index contributed by atoms with van der Waals surface area (Å²) in [5.41, 5.74) is 2.87. The summed E-state index contributed by atoms with van der Waals surface area (Å²) in [6, 6.07) is 5.02. The van der Waals surface area contributed by atoms with Crippen molar-refractivity contribution in [2.75, 3.05) is 31.6 Å². The summed E-state index contributed by atoms with van der Waals surface area (Å²) in [4.78, 5) is 24.9. The third kappa shape index (κ3) is 4.03. The van der Waals surface area contributed by atoms with Crippen LogP contribution in [0.5, 0.6) is 0 Å². The molecule has 0 saturated carbocycles. The average Bonchev–Trinajstić information content (AvgIpc) is 2.42. The van der Waals surface area contributed by atoms with Crippen LogP contribution in [0.1, 0.15) is 11.1 Å². The lowest BCUT2D eigenvalue weighted by Crippen LogP contribution is -2.52. The Morgan fingerprint density at radius 1 is 1.43 bits per heavy atom. The molecule has 0 radical (unpaired) electrons. The summed E-state index contributed by atoms with van der Waals surface area (Å²) < 4.78 is 5.15. The molecule has 1 aromatic carbocycles. The molecule has 1 aliphatic heterocycles. The van der Waals surface area contributed by atoms with Gasteiger partial charge < -0.3 is 15.2 Å². The van der Waals surface area contributed by atoms with Crippen molar-refractivity contribution < 1.29 is 19.4 Å². The van der Waals surface area contributed by atoms with Gasteiger partial charge in [-0.3, -0.25) is 14.5 Å². The fourth-order valence-corrected chi connectivity index (χ4v) is 2.38. The highest BCUT2D eigenvalue weighted by atomic mass is 16.5. The maximum atomic E-state index is 12.1. The SMILES string of the molecule is Cc1ccc(NC(=O)CN2CCOCC2C(=O)O)c(C)c1. The van der Waals surface area contributed by atoms with Crippen LogP contribution in [0.2, 0.25) is 0 Å². The number of morpholine rings is 1. The van der Waals surface area contributed by atoms with E-state index in [1.54, 1.807) is 4.90 Å². The summed E-state index contributed by atoms with van der Waals surface area (Å²) in [7, 11) is 0. The second-order valence-electron chi connectivity index (χ2n) is 5.27. The van der Waals surface area contributed by atoms with E-state index in [4.69, 9.17) is 9.84 Å². The Morgan fingerprint density at radius 2 is 2.19 bits per heavy atom. The number of rotatable bonds is 4. The number of benzene rings is 1. The lowest BCUT2D eigenvalue weighted by molar-refractivity contribution is -0.150. The number of aliphatic carboxylic acids is 1. The van der Waals surface area contributed by atoms with Gasteiger partial charge in [0.05, 0.1) is 19.8 Å². The topological polar surface area (TPSA) is 78.9 Å². The highest BCUT2D eigenvalue weighted by Crippen LogP contribution is 2.16. The second-order valence-corrected chi connectivity index (χ2v) is 5.27. The van der Waals surface area contributed by atoms with E-state index in [9.17, 15) is 9.59 Å². The fraction of sp³-hybridized carbons (Fsp3) is 0.467. The first-order chi connectivity index (χ1) is 9.97. The predicted molar refractivity (Wildman–Crippen MR) is 78.4 cm³/mol. The Kier molecular flexibility index (Phi) is 4.93. The van der Waals surface area contributed by atoms with Gasteiger partial charge in [0.25, 0.3) is 0 Å². The Labute approximate surface area is 123 Å². The minimum atomic E-state index is -0.964. The molecule has 1 saturated heterocycles. The fourth-order valence-electron chi connectivity index (χ4n) is 2.38. The lowest BCUT2D eigenvalue weighted by Gasteiger charge is -2.32. The number of nitrogens with zero attached hydrogens (tertiary/aromatic N) is 1. The summed E-state index contributed by atoms with van der Waals surface area (Å²) in [5.74, 6) is -1.18. The van der Waals surface area contributed by atoms with Crippen LogP contribution in [0, 0.1) is 13.8 Å². The molecular formula is C15H20N2O4. The van der Waals surface area contributed by atoms with E-state index in [-0.39, 0.29) is 19.1 Å². The van der Waals surface area contributed by atoms with Crippen LogP contribution in [0.3, 0.4) is 0 Å². The Balaban J connectivity index is 1.98. The minimum absolute atomic E-state index is 0.0492. The molecule has 114 valence electrons. The molecule has 6 heteroatoms. The van der Waals surface area contributed by atoms with Crippen LogP contribution in [-0.4, -0.2) is 54.2 Å². The van der Waals surface area contributed by atoms with Crippen molar-refractivity contribution in [3.05, 3.63) is 29.3 Å². The van der Waals surface area contributed by atoms with Crippen molar-refractivity contribution in [2.24, 2.45) is 0 Å². The number of anilines is 1. The van der Waals surface area contributed by atoms with Crippen LogP contribution in [0.25, 0.3) is 0 Å². The standard InChI is InChI=1S/C15H20N2O4/c1-10-3-4-12(11(2)7-10)16-14(18)8-17-5-6-21-9-13(17)15(19)20/h3-4,7,13H,5-6,8-9H2,1-2H3,(H,16,18)(H,19,20). The molecule has 21 heavy (non-hydrogen) atoms. The van der Waals surface area contributed by atoms with Crippen molar-refractivity contribution in [2.45, 2.75) is 19.9 Å². The molecule has 2 rings (SSSR count). The summed E-state index contributed by atoms with van der Waals surface area (Å²) in [6.45, 7) is 4.97. The zero-order chi connectivity index (χ0) is 15.4. The van der Waals surface area contributed by atoms with Crippen molar-refractivity contribution >= 4 is 17.6 Å². The lowest BCUT2D eigenvalue weighted by atomic mass is 10.1. The van der Waals surface area contributed by atoms with E-state index < -0.39 is 12.0 Å². The van der Waals surface area contributed by atoms with E-state index in [0.29, 0.717) is 13.2 Å². The summed E-state index contributed by atoms with van der Waals surface area (Å²) in [5, 5.41) is 12.0. The van der Waals surface area contributed by atoms with Gasteiger partial charge in [0.15, 0.2) is 0 Å². The summed E-state index contributed by atoms with van der Waals surface area (Å²) in [6.07, 6.45) is 0. The maximum absolute atomic E-state index is 12.1. The van der Waals surface area contributed by atoms with E-state index in [0.717, 1.165) is 16.8 Å². The van der Waals surface area contributed by atoms with Crippen LogP contribution in [-0.2, 0) is 14.3 Å². The van der Waals surface area contributed by atoms with Gasteiger partial charge in [-0.15, -0.1) is 0 Å². The van der Waals surface area contributed by atoms with Crippen molar-refractivity contribution in [3.63, 3.8) is 0 Å². The monoisotopic (exact) mass is 292 g/mol. The number of carboxylic acids is 1. The Morgan fingerprint density at radius 3 is 2.86 bits per heavy atom. The first-order valence-electron chi connectivity index (χ1n) is 6.89. The zero-order valence-electron chi connectivity index (χ0n) is 12.3. The van der Waals surface area contributed by atoms with E-state index in [2.05, 4.69) is 5.32 Å². The largest absolute Gasteiger partial charge is 0.480 e. The van der Waals surface area contributed by atoms with Gasteiger partial charge >= 0.3 is 5.97 Å². The smallest absolute Gasteiger partial charge is 0.323 e. The van der Waals surface area contributed by atoms with Crippen LogP contribution >= 0.6 is 0 Å². The Bertz CT molecular complexity index is 544. The molecule has 1 amide bonds. The summed E-state index contributed by atoms with van der Waals surface area (Å²) >= 11 is 0. The van der Waals surface area contributed by atoms with Gasteiger partial charge in [-0.1, -0.05) is 17.7 Å². The molecule has 0 bridgehead atoms. The van der Waals surface area contributed by atoms with Crippen molar-refractivity contribution in [1.82, 2.24) is 4.90 Å². The van der Waals surface area contributed by atoms with Crippen molar-refractivity contribution in [3.8, 4) is 0 Å². The molecule has 0 aromatic heterocycles. The first-order valence-corrected chi connectivity index (χ1v) is 6.89. The van der Waals surface area contributed by atoms with Crippen LogP contribution in [0.4, 0.5) is 5.69 Å². The number of hydrogen-bond acceptors (Lipinski definition) is 4. The number of carbonyl (C=O) groups is 2. The van der Waals surface area contributed by atoms with E-state index >= 15 is 0 Å². The van der Waals surface area contributed by atoms with Gasteiger partial charge in [-0.2, -0.15) is 0 Å². The molecule has 1 aliphatic rings. The van der Waals surface area contributed by atoms with Crippen molar-refractivity contribution in [1.29, 1.82) is 0 Å². The van der Waals surface area contributed by atoms with Gasteiger partial charge in [-0.25, -0.2) is 0 Å². The molecule has 6 nitrogen and oxygen atoms in total. The number of aryl methyl sites for hydroxylation is 2. The predicted octanol–water partition coefficient (Wildman–Crippen LogP) is 1.03. The highest BCUT2D eigenvalue weighted by molar-refractivity contribution is 5.93. The molecular weight excluding hydrogens is 272 g/mol. The third-order valence-electron chi connectivity index (χ3n) is 3.53. The zero-order valence-corrected chi connectivity index (χ0v) is 12.3. The Hall–Kier alpha value is -1.92. The highest BCUT2D eigenvalue weighted by Gasteiger charge is 2.30. The van der Waals surface area contributed by atoms with Gasteiger partial charge in [-0.05, 0) is 25.5 Å². The third-order valence-corrected chi connectivity index (χ3v) is 3.53. The molecule has 1 atom stereocenters. The molecule has 2 N–H and O–H groups in total. The minimum Gasteiger partial charge on any atom is -0.480 e. The molecule has 1 aromatic rings. The number of hydrogen-bond donors (Lipinski definition) is 2. The average molecular weight is 292 g/mol. The number of carboxylic acid groups (broad SMARTS) is 1. The quantitative estimate of drug-likeness (QED) is 0.866. The van der Waals surface area contributed by atoms with Crippen LogP contribution < -0.4 is 5.32 Å². The van der Waals surface area contributed by atoms with Crippen LogP contribution in [0.15, 0.2) is 18.2 Å². The normalized spacial score (nSPS) is 19.2. The molecule has 1 fully saturated rings. The first kappa shape index (κ1) is 15.5. The molecule has 0 aliphatic carbocycles. The number of amides is 1. The number of ether oxygens (including phenoxy) is 1. The number of nitrogens with one attached hydrogen (secondary N) is 1. The van der Waals surface area contributed by atoms with Gasteiger partial charge in [0, 0.05) is 12.2 Å². The number of carbonyl (C=O) groups excluding carboxylic acids is 1. The molecule has 1 heterocycles. The van der Waals surface area contributed by atoms with E-state index in [1.807, 2.05) is 32.0 Å². The second kappa shape index (κ2) is 6.69.